The van der Waals surface area contributed by atoms with Crippen LogP contribution in [0.1, 0.15) is 39.5 Å². The molecule has 1 saturated carbocycles. The van der Waals surface area contributed by atoms with E-state index in [1.165, 1.54) is 0 Å². The zero-order chi connectivity index (χ0) is 15.2. The minimum absolute atomic E-state index is 0.0329. The third-order valence-corrected chi connectivity index (χ3v) is 3.95. The maximum atomic E-state index is 11.7. The van der Waals surface area contributed by atoms with Gasteiger partial charge in [0.1, 0.15) is 0 Å². The number of nitrogens with zero attached hydrogens (tertiary/aromatic N) is 1. The summed E-state index contributed by atoms with van der Waals surface area (Å²) >= 11 is 0. The van der Waals surface area contributed by atoms with Gasteiger partial charge >= 0.3 is 5.97 Å². The number of likely N-dealkylation sites (N-methyl/N-ethyl adjacent to an activating group) is 1. The molecule has 0 bridgehead atoms. The predicted molar refractivity (Wildman–Crippen MR) is 79.6 cm³/mol. The fourth-order valence-corrected chi connectivity index (χ4v) is 2.80. The SMILES string of the molecule is CCOC(=O)C1CCC(O)(CNC(C)CN(C)C)CC1. The molecule has 118 valence electrons. The van der Waals surface area contributed by atoms with E-state index in [0.717, 1.165) is 19.4 Å². The quantitative estimate of drug-likeness (QED) is 0.684. The fraction of sp³-hybridized carbons (Fsp3) is 0.933. The normalized spacial score (nSPS) is 28.4. The molecule has 0 radical (unpaired) electrons. The van der Waals surface area contributed by atoms with Crippen molar-refractivity contribution in [3.63, 3.8) is 0 Å². The van der Waals surface area contributed by atoms with Crippen LogP contribution in [0.2, 0.25) is 0 Å². The first-order valence-electron chi connectivity index (χ1n) is 7.63. The van der Waals surface area contributed by atoms with Gasteiger partial charge in [0.15, 0.2) is 0 Å². The van der Waals surface area contributed by atoms with E-state index in [4.69, 9.17) is 4.74 Å². The summed E-state index contributed by atoms with van der Waals surface area (Å²) in [4.78, 5) is 13.8. The second-order valence-corrected chi connectivity index (χ2v) is 6.29. The van der Waals surface area contributed by atoms with Crippen LogP contribution in [0.25, 0.3) is 0 Å². The first kappa shape index (κ1) is 17.4. The fourth-order valence-electron chi connectivity index (χ4n) is 2.80. The Morgan fingerprint density at radius 1 is 1.45 bits per heavy atom. The zero-order valence-corrected chi connectivity index (χ0v) is 13.3. The van der Waals surface area contributed by atoms with Crippen LogP contribution >= 0.6 is 0 Å². The van der Waals surface area contributed by atoms with Gasteiger partial charge in [-0.1, -0.05) is 0 Å². The van der Waals surface area contributed by atoms with Gasteiger partial charge in [0.2, 0.25) is 0 Å². The molecule has 1 atom stereocenters. The molecule has 0 aromatic heterocycles. The van der Waals surface area contributed by atoms with Crippen molar-refractivity contribution in [2.75, 3.05) is 33.8 Å². The molecule has 0 amide bonds. The highest BCUT2D eigenvalue weighted by Gasteiger charge is 2.36. The largest absolute Gasteiger partial charge is 0.466 e. The van der Waals surface area contributed by atoms with Gasteiger partial charge < -0.3 is 20.1 Å². The topological polar surface area (TPSA) is 61.8 Å². The van der Waals surface area contributed by atoms with Crippen LogP contribution in [0.3, 0.4) is 0 Å². The Labute approximate surface area is 122 Å². The summed E-state index contributed by atoms with van der Waals surface area (Å²) in [5, 5.41) is 13.9. The molecule has 0 aromatic rings. The number of esters is 1. The molecular formula is C15H30N2O3. The van der Waals surface area contributed by atoms with Gasteiger partial charge in [-0.25, -0.2) is 0 Å². The van der Waals surface area contributed by atoms with Crippen LogP contribution in [0.5, 0.6) is 0 Å². The lowest BCUT2D eigenvalue weighted by atomic mass is 9.78. The number of rotatable bonds is 7. The zero-order valence-electron chi connectivity index (χ0n) is 13.3. The molecule has 0 saturated heterocycles. The number of ether oxygens (including phenoxy) is 1. The van der Waals surface area contributed by atoms with E-state index >= 15 is 0 Å². The summed E-state index contributed by atoms with van der Waals surface area (Å²) in [6.07, 6.45) is 2.77. The molecule has 20 heavy (non-hydrogen) atoms. The first-order chi connectivity index (χ1) is 9.36. The maximum Gasteiger partial charge on any atom is 0.308 e. The van der Waals surface area contributed by atoms with Gasteiger partial charge in [-0.3, -0.25) is 4.79 Å². The number of hydrogen-bond acceptors (Lipinski definition) is 5. The number of aliphatic hydroxyl groups is 1. The summed E-state index contributed by atoms with van der Waals surface area (Å²) in [6.45, 7) is 5.92. The van der Waals surface area contributed by atoms with Crippen molar-refractivity contribution in [1.82, 2.24) is 10.2 Å². The summed E-state index contributed by atoms with van der Waals surface area (Å²) in [7, 11) is 4.08. The average Bonchev–Trinajstić information content (AvgIpc) is 2.37. The van der Waals surface area contributed by atoms with Crippen LogP contribution in [0.15, 0.2) is 0 Å². The summed E-state index contributed by atoms with van der Waals surface area (Å²) in [6, 6.07) is 0.344. The van der Waals surface area contributed by atoms with Crippen LogP contribution in [-0.2, 0) is 9.53 Å². The van der Waals surface area contributed by atoms with Gasteiger partial charge in [-0.05, 0) is 53.6 Å². The van der Waals surface area contributed by atoms with Crippen LogP contribution in [0.4, 0.5) is 0 Å². The van der Waals surface area contributed by atoms with E-state index in [1.54, 1.807) is 0 Å². The molecule has 1 rings (SSSR count). The number of hydrogen-bond donors (Lipinski definition) is 2. The number of carbonyl (C=O) groups is 1. The minimum atomic E-state index is -0.677. The lowest BCUT2D eigenvalue weighted by Crippen LogP contribution is -2.48. The molecule has 1 fully saturated rings. The molecule has 0 aromatic carbocycles. The molecule has 5 heteroatoms. The Bertz CT molecular complexity index is 299. The van der Waals surface area contributed by atoms with E-state index in [0.29, 0.717) is 32.0 Å². The third kappa shape index (κ3) is 5.77. The Morgan fingerprint density at radius 2 is 2.05 bits per heavy atom. The summed E-state index contributed by atoms with van der Waals surface area (Å²) < 4.78 is 5.05. The summed E-state index contributed by atoms with van der Waals surface area (Å²) in [5.41, 5.74) is -0.677. The predicted octanol–water partition coefficient (Wildman–Crippen LogP) is 1.01. The number of nitrogens with one attached hydrogen (secondary N) is 1. The average molecular weight is 286 g/mol. The standard InChI is InChI=1S/C15H30N2O3/c1-5-20-14(18)13-6-8-15(19,9-7-13)11-16-12(2)10-17(3)4/h12-13,16,19H,5-11H2,1-4H3. The highest BCUT2D eigenvalue weighted by atomic mass is 16.5. The molecule has 1 aliphatic carbocycles. The van der Waals surface area contributed by atoms with E-state index < -0.39 is 5.60 Å². The van der Waals surface area contributed by atoms with Gasteiger partial charge in [-0.15, -0.1) is 0 Å². The molecule has 0 aliphatic heterocycles. The van der Waals surface area contributed by atoms with Gasteiger partial charge in [-0.2, -0.15) is 0 Å². The van der Waals surface area contributed by atoms with Crippen molar-refractivity contribution in [3.8, 4) is 0 Å². The van der Waals surface area contributed by atoms with E-state index in [9.17, 15) is 9.90 Å². The van der Waals surface area contributed by atoms with Gasteiger partial charge in [0.25, 0.3) is 0 Å². The molecule has 5 nitrogen and oxygen atoms in total. The lowest BCUT2D eigenvalue weighted by molar-refractivity contribution is -0.151. The Kier molecular flexibility index (Phi) is 6.92. The highest BCUT2D eigenvalue weighted by Crippen LogP contribution is 2.32. The molecule has 0 spiro atoms. The summed E-state index contributed by atoms with van der Waals surface area (Å²) in [5.74, 6) is -0.141. The second-order valence-electron chi connectivity index (χ2n) is 6.29. The molecule has 2 N–H and O–H groups in total. The Hall–Kier alpha value is -0.650. The molecule has 1 aliphatic rings. The van der Waals surface area contributed by atoms with Crippen molar-refractivity contribution < 1.29 is 14.6 Å². The van der Waals surface area contributed by atoms with Gasteiger partial charge in [0, 0.05) is 19.1 Å². The van der Waals surface area contributed by atoms with Crippen molar-refractivity contribution >= 4 is 5.97 Å². The van der Waals surface area contributed by atoms with E-state index in [2.05, 4.69) is 17.1 Å². The second kappa shape index (κ2) is 7.96. The van der Waals surface area contributed by atoms with Gasteiger partial charge in [0.05, 0.1) is 18.1 Å². The third-order valence-electron chi connectivity index (χ3n) is 3.95. The van der Waals surface area contributed by atoms with Crippen molar-refractivity contribution in [2.24, 2.45) is 5.92 Å². The Balaban J connectivity index is 2.33. The molecule has 0 heterocycles. The Morgan fingerprint density at radius 3 is 2.55 bits per heavy atom. The van der Waals surface area contributed by atoms with Crippen LogP contribution < -0.4 is 5.32 Å². The van der Waals surface area contributed by atoms with Crippen molar-refractivity contribution in [3.05, 3.63) is 0 Å². The molecule has 1 unspecified atom stereocenters. The smallest absolute Gasteiger partial charge is 0.308 e. The first-order valence-corrected chi connectivity index (χ1v) is 7.63. The lowest BCUT2D eigenvalue weighted by Gasteiger charge is -2.36. The van der Waals surface area contributed by atoms with E-state index in [1.807, 2.05) is 21.0 Å². The van der Waals surface area contributed by atoms with Crippen molar-refractivity contribution in [1.29, 1.82) is 0 Å². The molecular weight excluding hydrogens is 256 g/mol. The highest BCUT2D eigenvalue weighted by molar-refractivity contribution is 5.72. The van der Waals surface area contributed by atoms with E-state index in [-0.39, 0.29) is 11.9 Å². The minimum Gasteiger partial charge on any atom is -0.466 e. The van der Waals surface area contributed by atoms with Crippen molar-refractivity contribution in [2.45, 2.75) is 51.2 Å². The van der Waals surface area contributed by atoms with Crippen LogP contribution in [0, 0.1) is 5.92 Å². The number of carbonyl (C=O) groups excluding carboxylic acids is 1. The van der Waals surface area contributed by atoms with Crippen LogP contribution in [-0.4, -0.2) is 61.4 Å². The maximum absolute atomic E-state index is 11.7. The monoisotopic (exact) mass is 286 g/mol.